The molecular formula is C20H18FNO2. The number of halogens is 1. The molecule has 0 spiro atoms. The highest BCUT2D eigenvalue weighted by atomic mass is 19.1. The number of carbonyl (C=O) groups is 2. The summed E-state index contributed by atoms with van der Waals surface area (Å²) >= 11 is 0. The largest absolute Gasteiger partial charge is 0.295 e. The third-order valence-electron chi connectivity index (χ3n) is 5.34. The number of rotatable bonds is 4. The predicted molar refractivity (Wildman–Crippen MR) is 88.0 cm³/mol. The molecule has 1 heterocycles. The van der Waals surface area contributed by atoms with Crippen molar-refractivity contribution in [1.29, 1.82) is 0 Å². The first-order chi connectivity index (χ1) is 11.7. The second kappa shape index (κ2) is 5.95. The van der Waals surface area contributed by atoms with Crippen LogP contribution in [0.15, 0.2) is 48.5 Å². The summed E-state index contributed by atoms with van der Waals surface area (Å²) in [5.74, 6) is -0.197. The monoisotopic (exact) mass is 323 g/mol. The Labute approximate surface area is 140 Å². The third kappa shape index (κ3) is 2.47. The number of nitrogens with zero attached hydrogens (tertiary/aromatic N) is 1. The van der Waals surface area contributed by atoms with Crippen LogP contribution in [0, 0.1) is 5.82 Å². The van der Waals surface area contributed by atoms with Gasteiger partial charge in [-0.2, -0.15) is 0 Å². The summed E-state index contributed by atoms with van der Waals surface area (Å²) in [7, 11) is 0. The van der Waals surface area contributed by atoms with Gasteiger partial charge in [0.05, 0.1) is 0 Å². The van der Waals surface area contributed by atoms with Crippen molar-refractivity contribution in [3.8, 4) is 0 Å². The fraction of sp³-hybridized carbons (Fsp3) is 0.300. The Balaban J connectivity index is 1.52. The number of hydrogen-bond donors (Lipinski definition) is 0. The summed E-state index contributed by atoms with van der Waals surface area (Å²) in [4.78, 5) is 25.4. The van der Waals surface area contributed by atoms with Crippen molar-refractivity contribution in [2.75, 3.05) is 0 Å². The van der Waals surface area contributed by atoms with Crippen LogP contribution in [0.3, 0.4) is 0 Å². The smallest absolute Gasteiger partial charge is 0.216 e. The molecule has 2 aromatic rings. The highest BCUT2D eigenvalue weighted by molar-refractivity contribution is 6.27. The zero-order chi connectivity index (χ0) is 16.7. The lowest BCUT2D eigenvalue weighted by Crippen LogP contribution is -2.44. The van der Waals surface area contributed by atoms with Crippen molar-refractivity contribution in [1.82, 2.24) is 4.90 Å². The van der Waals surface area contributed by atoms with E-state index < -0.39 is 6.04 Å². The molecule has 122 valence electrons. The van der Waals surface area contributed by atoms with E-state index in [1.165, 1.54) is 12.1 Å². The molecule has 2 aliphatic rings. The summed E-state index contributed by atoms with van der Waals surface area (Å²) < 4.78 is 13.0. The van der Waals surface area contributed by atoms with E-state index in [0.717, 1.165) is 29.5 Å². The lowest BCUT2D eigenvalue weighted by molar-refractivity contribution is -0.134. The maximum Gasteiger partial charge on any atom is 0.216 e. The number of benzene rings is 2. The van der Waals surface area contributed by atoms with Crippen LogP contribution in [-0.2, 0) is 16.1 Å². The summed E-state index contributed by atoms with van der Waals surface area (Å²) in [6.45, 7) is 0.710. The van der Waals surface area contributed by atoms with E-state index in [-0.39, 0.29) is 17.6 Å². The first-order valence-corrected chi connectivity index (χ1v) is 8.25. The summed E-state index contributed by atoms with van der Waals surface area (Å²) in [5, 5.41) is 0. The van der Waals surface area contributed by atoms with Gasteiger partial charge in [0, 0.05) is 12.6 Å². The van der Waals surface area contributed by atoms with E-state index in [1.807, 2.05) is 36.4 Å². The average molecular weight is 323 g/mol. The fourth-order valence-corrected chi connectivity index (χ4v) is 4.00. The molecule has 2 aromatic carbocycles. The van der Waals surface area contributed by atoms with E-state index in [0.29, 0.717) is 18.7 Å². The van der Waals surface area contributed by atoms with Gasteiger partial charge in [-0.1, -0.05) is 36.4 Å². The van der Waals surface area contributed by atoms with Gasteiger partial charge in [0.2, 0.25) is 5.78 Å². The zero-order valence-corrected chi connectivity index (χ0v) is 13.2. The van der Waals surface area contributed by atoms with E-state index >= 15 is 0 Å². The summed E-state index contributed by atoms with van der Waals surface area (Å²) in [6.07, 6.45) is 2.31. The Bertz CT molecular complexity index is 780. The predicted octanol–water partition coefficient (Wildman–Crippen LogP) is 3.40. The molecule has 0 bridgehead atoms. The Kier molecular flexibility index (Phi) is 3.77. The lowest BCUT2D eigenvalue weighted by atomic mass is 9.74. The SMILES string of the molecule is O=CC(=O)C1c2ccccc2CN1C1CC(c2ccc(F)cc2)C1. The second-order valence-corrected chi connectivity index (χ2v) is 6.67. The molecule has 1 aliphatic heterocycles. The van der Waals surface area contributed by atoms with E-state index in [1.54, 1.807) is 0 Å². The van der Waals surface area contributed by atoms with Crippen LogP contribution >= 0.6 is 0 Å². The minimum absolute atomic E-state index is 0.221. The maximum absolute atomic E-state index is 13.0. The van der Waals surface area contributed by atoms with Gasteiger partial charge in [0.25, 0.3) is 0 Å². The van der Waals surface area contributed by atoms with Crippen LogP contribution in [0.25, 0.3) is 0 Å². The van der Waals surface area contributed by atoms with Gasteiger partial charge in [0.1, 0.15) is 11.9 Å². The molecule has 4 heteroatoms. The van der Waals surface area contributed by atoms with Crippen LogP contribution in [-0.4, -0.2) is 23.0 Å². The molecule has 4 rings (SSSR count). The van der Waals surface area contributed by atoms with Gasteiger partial charge < -0.3 is 0 Å². The topological polar surface area (TPSA) is 37.4 Å². The zero-order valence-electron chi connectivity index (χ0n) is 13.2. The molecule has 3 nitrogen and oxygen atoms in total. The number of Topliss-reactive ketones (excluding diaryl/α,β-unsaturated/α-hetero) is 1. The number of hydrogen-bond acceptors (Lipinski definition) is 3. The van der Waals surface area contributed by atoms with Crippen molar-refractivity contribution in [3.63, 3.8) is 0 Å². The van der Waals surface area contributed by atoms with Crippen LogP contribution in [0.2, 0.25) is 0 Å². The van der Waals surface area contributed by atoms with Gasteiger partial charge in [-0.15, -0.1) is 0 Å². The first-order valence-electron chi connectivity index (χ1n) is 8.25. The molecule has 0 radical (unpaired) electrons. The van der Waals surface area contributed by atoms with Gasteiger partial charge in [-0.25, -0.2) is 4.39 Å². The second-order valence-electron chi connectivity index (χ2n) is 6.67. The van der Waals surface area contributed by atoms with Crippen molar-refractivity contribution < 1.29 is 14.0 Å². The molecule has 0 N–H and O–H groups in total. The van der Waals surface area contributed by atoms with Gasteiger partial charge in [0.15, 0.2) is 6.29 Å². The Morgan fingerprint density at radius 3 is 2.50 bits per heavy atom. The molecule has 0 aromatic heterocycles. The lowest BCUT2D eigenvalue weighted by Gasteiger charge is -2.43. The molecule has 1 fully saturated rings. The first kappa shape index (κ1) is 15.2. The van der Waals surface area contributed by atoms with Crippen molar-refractivity contribution in [3.05, 3.63) is 71.0 Å². The molecule has 1 unspecified atom stereocenters. The maximum atomic E-state index is 13.0. The average Bonchev–Trinajstić information content (AvgIpc) is 2.93. The molecule has 1 saturated carbocycles. The minimum atomic E-state index is -0.446. The minimum Gasteiger partial charge on any atom is -0.295 e. The van der Waals surface area contributed by atoms with Gasteiger partial charge in [-0.05, 0) is 47.6 Å². The van der Waals surface area contributed by atoms with E-state index in [2.05, 4.69) is 4.90 Å². The Morgan fingerprint density at radius 1 is 1.08 bits per heavy atom. The van der Waals surface area contributed by atoms with Gasteiger partial charge in [-0.3, -0.25) is 14.5 Å². The number of ketones is 1. The van der Waals surface area contributed by atoms with Crippen molar-refractivity contribution in [2.45, 2.75) is 37.4 Å². The summed E-state index contributed by atoms with van der Waals surface area (Å²) in [5.41, 5.74) is 3.23. The van der Waals surface area contributed by atoms with Crippen molar-refractivity contribution in [2.24, 2.45) is 0 Å². The molecule has 0 amide bonds. The number of carbonyl (C=O) groups excluding carboxylic acids is 2. The van der Waals surface area contributed by atoms with Crippen LogP contribution in [0.1, 0.15) is 41.5 Å². The van der Waals surface area contributed by atoms with Gasteiger partial charge >= 0.3 is 0 Å². The Hall–Kier alpha value is -2.33. The molecular weight excluding hydrogens is 305 g/mol. The quantitative estimate of drug-likeness (QED) is 0.639. The van der Waals surface area contributed by atoms with E-state index in [9.17, 15) is 14.0 Å². The fourth-order valence-electron chi connectivity index (χ4n) is 4.00. The summed E-state index contributed by atoms with van der Waals surface area (Å²) in [6, 6.07) is 14.3. The standard InChI is InChI=1S/C20H18FNO2/c21-16-7-5-13(6-8-16)15-9-17(10-15)22-11-14-3-1-2-4-18(14)20(22)19(24)12-23/h1-8,12,15,17,20H,9-11H2. The molecule has 1 atom stereocenters. The van der Waals surface area contributed by atoms with Crippen LogP contribution in [0.5, 0.6) is 0 Å². The Morgan fingerprint density at radius 2 is 1.79 bits per heavy atom. The highest BCUT2D eigenvalue weighted by Crippen LogP contribution is 2.46. The third-order valence-corrected chi connectivity index (χ3v) is 5.34. The number of aldehydes is 1. The molecule has 24 heavy (non-hydrogen) atoms. The van der Waals surface area contributed by atoms with E-state index in [4.69, 9.17) is 0 Å². The number of fused-ring (bicyclic) bond motifs is 1. The highest BCUT2D eigenvalue weighted by Gasteiger charge is 2.43. The van der Waals surface area contributed by atoms with Crippen LogP contribution < -0.4 is 0 Å². The van der Waals surface area contributed by atoms with Crippen molar-refractivity contribution >= 4 is 12.1 Å². The normalized spacial score (nSPS) is 25.8. The molecule has 1 aliphatic carbocycles. The van der Waals surface area contributed by atoms with Crippen LogP contribution in [0.4, 0.5) is 4.39 Å². The molecule has 0 saturated heterocycles.